The summed E-state index contributed by atoms with van der Waals surface area (Å²) in [6.45, 7) is 0.757. The number of nitrogens with zero attached hydrogens (tertiary/aromatic N) is 3. The van der Waals surface area contributed by atoms with Gasteiger partial charge in [-0.05, 0) is 23.8 Å². The van der Waals surface area contributed by atoms with Gasteiger partial charge in [0.15, 0.2) is 0 Å². The highest BCUT2D eigenvalue weighted by atomic mass is 32.1. The van der Waals surface area contributed by atoms with Crippen molar-refractivity contribution in [3.8, 4) is 10.6 Å². The summed E-state index contributed by atoms with van der Waals surface area (Å²) in [7, 11) is 1.24. The summed E-state index contributed by atoms with van der Waals surface area (Å²) >= 11 is 1.11. The minimum atomic E-state index is -4.50. The summed E-state index contributed by atoms with van der Waals surface area (Å²) in [4.78, 5) is 20.4. The molecule has 1 N–H and O–H groups in total. The molecule has 3 heterocycles. The Hall–Kier alpha value is -2.69. The van der Waals surface area contributed by atoms with Crippen molar-refractivity contribution in [2.24, 2.45) is 7.05 Å². The highest BCUT2D eigenvalue weighted by Gasteiger charge is 2.39. The number of hydrogen-bond donors (Lipinski definition) is 1. The van der Waals surface area contributed by atoms with Gasteiger partial charge in [-0.25, -0.2) is 4.89 Å². The fraction of sp³-hybridized carbons (Fsp3) is 0.333. The van der Waals surface area contributed by atoms with Gasteiger partial charge in [0.25, 0.3) is 5.91 Å². The van der Waals surface area contributed by atoms with Crippen molar-refractivity contribution in [2.75, 3.05) is 13.1 Å². The minimum Gasteiger partial charge on any atom is -0.338 e. The summed E-state index contributed by atoms with van der Waals surface area (Å²) < 4.78 is 39.9. The second kappa shape index (κ2) is 8.10. The number of benzene rings is 1. The first kappa shape index (κ1) is 21.5. The Bertz CT molecular complexity index is 1070. The molecule has 0 spiro atoms. The maximum absolute atomic E-state index is 13.0. The number of amides is 1. The molecule has 1 aromatic carbocycles. The molecule has 1 aliphatic rings. The van der Waals surface area contributed by atoms with E-state index in [1.54, 1.807) is 17.0 Å². The zero-order valence-corrected chi connectivity index (χ0v) is 17.4. The highest BCUT2D eigenvalue weighted by molar-refractivity contribution is 7.17. The minimum absolute atomic E-state index is 0.175. The Morgan fingerprint density at radius 3 is 2.42 bits per heavy atom. The monoisotopic (exact) mass is 451 g/mol. The molecule has 1 saturated heterocycles. The van der Waals surface area contributed by atoms with Gasteiger partial charge in [-0.1, -0.05) is 30.3 Å². The smallest absolute Gasteiger partial charge is 0.338 e. The van der Waals surface area contributed by atoms with Crippen LogP contribution in [0.2, 0.25) is 0 Å². The molecule has 0 aliphatic carbocycles. The lowest BCUT2D eigenvalue weighted by Crippen LogP contribution is -2.46. The standard InChI is InChI=1S/C21H20F3N3O3S/c1-26-18(21(22,23)24)13-15(25-26)16-7-8-17(31-16)19(28)27-11-9-20(30-29,10-12-27)14-5-3-2-4-6-14/h2-8,13,29H,9-12H2,1H3. The second-order valence-electron chi connectivity index (χ2n) is 7.44. The third kappa shape index (κ3) is 4.10. The van der Waals surface area contributed by atoms with E-state index in [1.165, 1.54) is 7.05 Å². The average Bonchev–Trinajstić information content (AvgIpc) is 3.41. The van der Waals surface area contributed by atoms with Gasteiger partial charge in [0.1, 0.15) is 17.0 Å². The molecule has 0 atom stereocenters. The maximum Gasteiger partial charge on any atom is 0.433 e. The SMILES string of the molecule is Cn1nc(-c2ccc(C(=O)N3CCC(OO)(c4ccccc4)CC3)s2)cc1C(F)(F)F. The van der Waals surface area contributed by atoms with Crippen LogP contribution >= 0.6 is 11.3 Å². The van der Waals surface area contributed by atoms with Crippen LogP contribution in [0.1, 0.15) is 33.8 Å². The molecular formula is C21H20F3N3O3S. The molecule has 1 fully saturated rings. The first-order valence-electron chi connectivity index (χ1n) is 9.62. The van der Waals surface area contributed by atoms with Crippen LogP contribution in [0, 0.1) is 0 Å². The first-order valence-corrected chi connectivity index (χ1v) is 10.4. The van der Waals surface area contributed by atoms with Crippen molar-refractivity contribution in [1.82, 2.24) is 14.7 Å². The molecule has 0 saturated carbocycles. The Labute approximate surface area is 180 Å². The van der Waals surface area contributed by atoms with Crippen molar-refractivity contribution < 1.29 is 28.1 Å². The summed E-state index contributed by atoms with van der Waals surface area (Å²) in [5.41, 5.74) is -0.686. The quantitative estimate of drug-likeness (QED) is 0.458. The molecule has 10 heteroatoms. The topological polar surface area (TPSA) is 67.6 Å². The van der Waals surface area contributed by atoms with E-state index in [0.29, 0.717) is 35.7 Å². The zero-order chi connectivity index (χ0) is 22.2. The second-order valence-corrected chi connectivity index (χ2v) is 8.53. The van der Waals surface area contributed by atoms with Gasteiger partial charge in [0, 0.05) is 33.0 Å². The largest absolute Gasteiger partial charge is 0.433 e. The lowest BCUT2D eigenvalue weighted by molar-refractivity contribution is -0.338. The third-order valence-electron chi connectivity index (χ3n) is 5.57. The van der Waals surface area contributed by atoms with Crippen molar-refractivity contribution in [2.45, 2.75) is 24.6 Å². The highest BCUT2D eigenvalue weighted by Crippen LogP contribution is 2.38. The number of rotatable bonds is 4. The maximum atomic E-state index is 13.0. The predicted molar refractivity (Wildman–Crippen MR) is 108 cm³/mol. The summed E-state index contributed by atoms with van der Waals surface area (Å²) in [5, 5.41) is 13.5. The van der Waals surface area contributed by atoms with E-state index < -0.39 is 17.5 Å². The van der Waals surface area contributed by atoms with Gasteiger partial charge in [-0.3, -0.25) is 14.7 Å². The van der Waals surface area contributed by atoms with E-state index in [-0.39, 0.29) is 11.6 Å². The molecule has 4 rings (SSSR count). The first-order chi connectivity index (χ1) is 14.7. The van der Waals surface area contributed by atoms with Gasteiger partial charge in [0.05, 0.1) is 9.75 Å². The molecule has 31 heavy (non-hydrogen) atoms. The number of hydrogen-bond acceptors (Lipinski definition) is 5. The number of alkyl halides is 3. The van der Waals surface area contributed by atoms with Crippen molar-refractivity contribution >= 4 is 17.2 Å². The number of halogens is 3. The van der Waals surface area contributed by atoms with Crippen LogP contribution in [-0.2, 0) is 23.7 Å². The van der Waals surface area contributed by atoms with Crippen LogP contribution in [0.25, 0.3) is 10.6 Å². The summed E-state index contributed by atoms with van der Waals surface area (Å²) in [6, 6.07) is 13.5. The molecule has 6 nitrogen and oxygen atoms in total. The zero-order valence-electron chi connectivity index (χ0n) is 16.6. The van der Waals surface area contributed by atoms with E-state index in [0.717, 1.165) is 27.6 Å². The lowest BCUT2D eigenvalue weighted by atomic mass is 9.84. The van der Waals surface area contributed by atoms with E-state index in [2.05, 4.69) is 5.10 Å². The molecular weight excluding hydrogens is 431 g/mol. The van der Waals surface area contributed by atoms with E-state index in [1.807, 2.05) is 30.3 Å². The average molecular weight is 451 g/mol. The predicted octanol–water partition coefficient (Wildman–Crippen LogP) is 4.79. The molecule has 2 aromatic heterocycles. The Balaban J connectivity index is 1.48. The Morgan fingerprint density at radius 2 is 1.84 bits per heavy atom. The molecule has 1 amide bonds. The lowest BCUT2D eigenvalue weighted by Gasteiger charge is -2.39. The van der Waals surface area contributed by atoms with Crippen LogP contribution in [0.4, 0.5) is 13.2 Å². The van der Waals surface area contributed by atoms with Gasteiger partial charge in [-0.15, -0.1) is 11.3 Å². The number of piperidine rings is 1. The number of carbonyl (C=O) groups is 1. The Kier molecular flexibility index (Phi) is 5.63. The van der Waals surface area contributed by atoms with Crippen molar-refractivity contribution in [3.05, 3.63) is 64.7 Å². The molecule has 1 aliphatic heterocycles. The van der Waals surface area contributed by atoms with Crippen LogP contribution < -0.4 is 0 Å². The van der Waals surface area contributed by atoms with Crippen LogP contribution in [-0.4, -0.2) is 38.9 Å². The molecule has 3 aromatic rings. The summed E-state index contributed by atoms with van der Waals surface area (Å²) in [6.07, 6.45) is -3.65. The van der Waals surface area contributed by atoms with Crippen molar-refractivity contribution in [1.29, 1.82) is 0 Å². The van der Waals surface area contributed by atoms with Gasteiger partial charge < -0.3 is 4.90 Å². The van der Waals surface area contributed by atoms with Gasteiger partial charge in [0.2, 0.25) is 0 Å². The van der Waals surface area contributed by atoms with E-state index in [4.69, 9.17) is 4.89 Å². The van der Waals surface area contributed by atoms with Crippen molar-refractivity contribution in [3.63, 3.8) is 0 Å². The Morgan fingerprint density at radius 1 is 1.16 bits per heavy atom. The molecule has 0 bridgehead atoms. The summed E-state index contributed by atoms with van der Waals surface area (Å²) in [5.74, 6) is -0.206. The number of carbonyl (C=O) groups excluding carboxylic acids is 1. The molecule has 164 valence electrons. The van der Waals surface area contributed by atoms with Gasteiger partial charge in [-0.2, -0.15) is 18.3 Å². The fourth-order valence-electron chi connectivity index (χ4n) is 3.84. The number of likely N-dealkylation sites (tertiary alicyclic amines) is 1. The molecule has 0 unspecified atom stereocenters. The number of aryl methyl sites for hydroxylation is 1. The van der Waals surface area contributed by atoms with Gasteiger partial charge >= 0.3 is 6.18 Å². The van der Waals surface area contributed by atoms with Crippen LogP contribution in [0.15, 0.2) is 48.5 Å². The number of thiophene rings is 1. The normalized spacial score (nSPS) is 16.5. The van der Waals surface area contributed by atoms with E-state index in [9.17, 15) is 23.2 Å². The fourth-order valence-corrected chi connectivity index (χ4v) is 4.77. The van der Waals surface area contributed by atoms with E-state index >= 15 is 0 Å². The third-order valence-corrected chi connectivity index (χ3v) is 6.67. The van der Waals surface area contributed by atoms with Crippen LogP contribution in [0.3, 0.4) is 0 Å². The molecule has 0 radical (unpaired) electrons. The number of aromatic nitrogens is 2. The van der Waals surface area contributed by atoms with Crippen LogP contribution in [0.5, 0.6) is 0 Å².